The second-order valence-corrected chi connectivity index (χ2v) is 8.99. The van der Waals surface area contributed by atoms with Gasteiger partial charge >= 0.3 is 6.18 Å². The third-order valence-corrected chi connectivity index (χ3v) is 6.81. The Balaban J connectivity index is 1.92. The van der Waals surface area contributed by atoms with E-state index in [1.807, 2.05) is 0 Å². The van der Waals surface area contributed by atoms with Gasteiger partial charge in [-0.1, -0.05) is 23.7 Å². The summed E-state index contributed by atoms with van der Waals surface area (Å²) in [5.74, 6) is -0.274. The molecule has 0 bridgehead atoms. The summed E-state index contributed by atoms with van der Waals surface area (Å²) in [6, 6.07) is 8.70. The van der Waals surface area contributed by atoms with Crippen LogP contribution in [0.2, 0.25) is 5.02 Å². The van der Waals surface area contributed by atoms with Crippen molar-refractivity contribution in [2.75, 3.05) is 7.05 Å². The zero-order valence-electron chi connectivity index (χ0n) is 15.3. The number of nitrogens with zero attached hydrogens (tertiary/aromatic N) is 1. The lowest BCUT2D eigenvalue weighted by molar-refractivity contribution is -0.137. The smallest absolute Gasteiger partial charge is 0.355 e. The van der Waals surface area contributed by atoms with E-state index in [0.717, 1.165) is 12.1 Å². The molecule has 1 saturated carbocycles. The third-order valence-electron chi connectivity index (χ3n) is 4.59. The minimum Gasteiger partial charge on any atom is -0.355 e. The maximum absolute atomic E-state index is 13.1. The van der Waals surface area contributed by atoms with Crippen LogP contribution in [0.25, 0.3) is 0 Å². The Kier molecular flexibility index (Phi) is 5.93. The number of hydrogen-bond acceptors (Lipinski definition) is 3. The highest BCUT2D eigenvalue weighted by Crippen LogP contribution is 2.38. The van der Waals surface area contributed by atoms with Gasteiger partial charge in [-0.15, -0.1) is 0 Å². The van der Waals surface area contributed by atoms with E-state index in [9.17, 15) is 26.4 Å². The summed E-state index contributed by atoms with van der Waals surface area (Å²) >= 11 is 5.61. The number of sulfonamides is 1. The van der Waals surface area contributed by atoms with E-state index in [1.54, 1.807) is 24.3 Å². The molecule has 0 aromatic heterocycles. The Morgan fingerprint density at radius 1 is 1.17 bits per heavy atom. The highest BCUT2D eigenvalue weighted by atomic mass is 35.5. The van der Waals surface area contributed by atoms with Gasteiger partial charge in [0, 0.05) is 25.2 Å². The van der Waals surface area contributed by atoms with Crippen molar-refractivity contribution in [1.29, 1.82) is 0 Å². The molecule has 1 fully saturated rings. The highest BCUT2D eigenvalue weighted by Gasteiger charge is 2.40. The molecule has 156 valence electrons. The molecule has 1 N–H and O–H groups in total. The molecule has 0 heterocycles. The van der Waals surface area contributed by atoms with Gasteiger partial charge < -0.3 is 5.32 Å². The molecule has 5 nitrogen and oxygen atoms in total. The first-order chi connectivity index (χ1) is 13.5. The quantitative estimate of drug-likeness (QED) is 0.727. The molecule has 10 heteroatoms. The number of carbonyl (C=O) groups is 1. The largest absolute Gasteiger partial charge is 0.417 e. The molecule has 0 spiro atoms. The first-order valence-electron chi connectivity index (χ1n) is 8.73. The zero-order valence-corrected chi connectivity index (χ0v) is 16.9. The van der Waals surface area contributed by atoms with Crippen LogP contribution in [0, 0.1) is 0 Å². The highest BCUT2D eigenvalue weighted by molar-refractivity contribution is 7.89. The van der Waals surface area contributed by atoms with Crippen molar-refractivity contribution in [3.8, 4) is 0 Å². The molecule has 29 heavy (non-hydrogen) atoms. The molecule has 0 saturated heterocycles. The second-order valence-electron chi connectivity index (χ2n) is 6.70. The van der Waals surface area contributed by atoms with Crippen molar-refractivity contribution in [2.45, 2.75) is 36.5 Å². The molecule has 0 atom stereocenters. The average molecular weight is 447 g/mol. The zero-order chi connectivity index (χ0) is 21.4. The van der Waals surface area contributed by atoms with Gasteiger partial charge in [0.05, 0.1) is 15.5 Å². The van der Waals surface area contributed by atoms with Gasteiger partial charge in [0.1, 0.15) is 0 Å². The van der Waals surface area contributed by atoms with E-state index in [4.69, 9.17) is 11.6 Å². The van der Waals surface area contributed by atoms with Crippen LogP contribution in [0.1, 0.15) is 34.3 Å². The standard InChI is InChI=1S/C19H18ClF3N2O3S/c1-24-18(26)13-4-2-12(3-5-13)11-25(14-6-7-14)29(27,28)15-8-9-17(20)16(10-15)19(21,22)23/h2-5,8-10,14H,6-7,11H2,1H3,(H,24,26). The van der Waals surface area contributed by atoms with Crippen molar-refractivity contribution >= 4 is 27.5 Å². The molecule has 0 aliphatic heterocycles. The molecule has 2 aromatic rings. The lowest BCUT2D eigenvalue weighted by atomic mass is 10.1. The second kappa shape index (κ2) is 7.97. The Labute approximate surface area is 171 Å². The molecule has 3 rings (SSSR count). The molecule has 1 aliphatic carbocycles. The number of carbonyl (C=O) groups excluding carboxylic acids is 1. The topological polar surface area (TPSA) is 66.5 Å². The maximum Gasteiger partial charge on any atom is 0.417 e. The van der Waals surface area contributed by atoms with E-state index in [0.29, 0.717) is 30.0 Å². The molecular weight excluding hydrogens is 429 g/mol. The van der Waals surface area contributed by atoms with Crippen molar-refractivity contribution in [1.82, 2.24) is 9.62 Å². The van der Waals surface area contributed by atoms with Gasteiger partial charge in [0.15, 0.2) is 0 Å². The maximum atomic E-state index is 13.1. The van der Waals surface area contributed by atoms with Gasteiger partial charge in [-0.05, 0) is 48.7 Å². The van der Waals surface area contributed by atoms with Crippen LogP contribution in [0.15, 0.2) is 47.4 Å². The number of rotatable bonds is 6. The summed E-state index contributed by atoms with van der Waals surface area (Å²) < 4.78 is 66.8. The Morgan fingerprint density at radius 3 is 2.31 bits per heavy atom. The van der Waals surface area contributed by atoms with E-state index in [2.05, 4.69) is 5.32 Å². The summed E-state index contributed by atoms with van der Waals surface area (Å²) in [6.07, 6.45) is -3.49. The average Bonchev–Trinajstić information content (AvgIpc) is 3.50. The van der Waals surface area contributed by atoms with E-state index in [1.165, 1.54) is 11.4 Å². The third kappa shape index (κ3) is 4.73. The predicted molar refractivity (Wildman–Crippen MR) is 102 cm³/mol. The van der Waals surface area contributed by atoms with Crippen molar-refractivity contribution in [3.63, 3.8) is 0 Å². The first-order valence-corrected chi connectivity index (χ1v) is 10.6. The monoisotopic (exact) mass is 446 g/mol. The fraction of sp³-hybridized carbons (Fsp3) is 0.316. The predicted octanol–water partition coefficient (Wildman–Crippen LogP) is 4.07. The summed E-state index contributed by atoms with van der Waals surface area (Å²) in [5.41, 5.74) is -0.145. The Hall–Kier alpha value is -2.10. The molecular formula is C19H18ClF3N2O3S. The van der Waals surface area contributed by atoms with E-state index in [-0.39, 0.29) is 18.5 Å². The van der Waals surface area contributed by atoms with Crippen molar-refractivity contribution in [2.24, 2.45) is 0 Å². The summed E-state index contributed by atoms with van der Waals surface area (Å²) in [7, 11) is -2.67. The van der Waals surface area contributed by atoms with Crippen LogP contribution in [-0.2, 0) is 22.7 Å². The first kappa shape index (κ1) is 21.6. The number of halogens is 4. The minimum atomic E-state index is -4.76. The van der Waals surface area contributed by atoms with E-state index < -0.39 is 31.7 Å². The minimum absolute atomic E-state index is 0.00893. The summed E-state index contributed by atoms with van der Waals surface area (Å²) in [5, 5.41) is 1.93. The molecule has 0 radical (unpaired) electrons. The lowest BCUT2D eigenvalue weighted by Gasteiger charge is -2.23. The van der Waals surface area contributed by atoms with Gasteiger partial charge in [-0.25, -0.2) is 8.42 Å². The molecule has 1 aliphatic rings. The number of hydrogen-bond donors (Lipinski definition) is 1. The van der Waals surface area contributed by atoms with E-state index >= 15 is 0 Å². The van der Waals surface area contributed by atoms with Gasteiger partial charge in [-0.3, -0.25) is 4.79 Å². The van der Waals surface area contributed by atoms with Crippen LogP contribution in [-0.4, -0.2) is 31.7 Å². The number of amides is 1. The van der Waals surface area contributed by atoms with Crippen molar-refractivity contribution in [3.05, 3.63) is 64.2 Å². The summed E-state index contributed by atoms with van der Waals surface area (Å²) in [4.78, 5) is 11.2. The number of alkyl halides is 3. The normalized spacial score (nSPS) is 14.8. The Morgan fingerprint density at radius 2 is 1.79 bits per heavy atom. The van der Waals surface area contributed by atoms with Crippen LogP contribution in [0.5, 0.6) is 0 Å². The van der Waals surface area contributed by atoms with Gasteiger partial charge in [0.2, 0.25) is 10.0 Å². The Bertz CT molecular complexity index is 1020. The number of benzene rings is 2. The van der Waals surface area contributed by atoms with Crippen LogP contribution >= 0.6 is 11.6 Å². The molecule has 0 unspecified atom stereocenters. The van der Waals surface area contributed by atoms with Gasteiger partial charge in [0.25, 0.3) is 5.91 Å². The summed E-state index contributed by atoms with van der Waals surface area (Å²) in [6.45, 7) is -0.00893. The SMILES string of the molecule is CNC(=O)c1ccc(CN(C2CC2)S(=O)(=O)c2ccc(Cl)c(C(F)(F)F)c2)cc1. The fourth-order valence-electron chi connectivity index (χ4n) is 2.88. The van der Waals surface area contributed by atoms with Crippen molar-refractivity contribution < 1.29 is 26.4 Å². The lowest BCUT2D eigenvalue weighted by Crippen LogP contribution is -2.33. The van der Waals surface area contributed by atoms with Crippen LogP contribution < -0.4 is 5.32 Å². The van der Waals surface area contributed by atoms with Crippen LogP contribution in [0.3, 0.4) is 0 Å². The molecule has 1 amide bonds. The number of nitrogens with one attached hydrogen (secondary N) is 1. The molecule has 2 aromatic carbocycles. The van der Waals surface area contributed by atoms with Crippen LogP contribution in [0.4, 0.5) is 13.2 Å². The van der Waals surface area contributed by atoms with Gasteiger partial charge in [-0.2, -0.15) is 17.5 Å². The fourth-order valence-corrected chi connectivity index (χ4v) is 4.80.